The van der Waals surface area contributed by atoms with Gasteiger partial charge < -0.3 is 9.52 Å². The fraction of sp³-hybridized carbons (Fsp3) is 0.400. The summed E-state index contributed by atoms with van der Waals surface area (Å²) in [6.07, 6.45) is 0.760. The zero-order chi connectivity index (χ0) is 12.3. The molecule has 0 spiro atoms. The second-order valence-corrected chi connectivity index (χ2v) is 3.49. The molecule has 0 aliphatic heterocycles. The molecule has 0 atom stereocenters. The molecule has 0 saturated carbocycles. The van der Waals surface area contributed by atoms with Crippen molar-refractivity contribution in [2.75, 3.05) is 0 Å². The van der Waals surface area contributed by atoms with Gasteiger partial charge in [-0.1, -0.05) is 6.92 Å². The maximum Gasteiger partial charge on any atom is 0.305 e. The largest absolute Gasteiger partial charge is 0.481 e. The molecule has 0 radical (unpaired) electrons. The molecule has 2 heterocycles. The lowest BCUT2D eigenvalue weighted by molar-refractivity contribution is -0.137. The summed E-state index contributed by atoms with van der Waals surface area (Å²) in [5.74, 6) is 0.955. The lowest BCUT2D eigenvalue weighted by Crippen LogP contribution is -2.07. The molecule has 0 aliphatic rings. The molecule has 1 N–H and O–H groups in total. The molecule has 7 heteroatoms. The molecule has 0 saturated heterocycles. The van der Waals surface area contributed by atoms with Crippen molar-refractivity contribution in [1.82, 2.24) is 20.2 Å². The smallest absolute Gasteiger partial charge is 0.305 e. The highest BCUT2D eigenvalue weighted by Crippen LogP contribution is 2.19. The molecule has 0 aromatic carbocycles. The van der Waals surface area contributed by atoms with E-state index in [1.807, 2.05) is 13.0 Å². The Bertz CT molecular complexity index is 517. The molecule has 0 unspecified atom stereocenters. The maximum atomic E-state index is 10.5. The van der Waals surface area contributed by atoms with E-state index in [0.29, 0.717) is 11.6 Å². The van der Waals surface area contributed by atoms with E-state index in [-0.39, 0.29) is 13.0 Å². The number of furan rings is 1. The van der Waals surface area contributed by atoms with Gasteiger partial charge in [-0.15, -0.1) is 5.10 Å². The van der Waals surface area contributed by atoms with E-state index in [9.17, 15) is 4.79 Å². The van der Waals surface area contributed by atoms with Crippen LogP contribution in [0.5, 0.6) is 0 Å². The van der Waals surface area contributed by atoms with E-state index in [4.69, 9.17) is 9.52 Å². The van der Waals surface area contributed by atoms with Crippen molar-refractivity contribution in [3.63, 3.8) is 0 Å². The van der Waals surface area contributed by atoms with Gasteiger partial charge in [-0.05, 0) is 22.6 Å². The quantitative estimate of drug-likeness (QED) is 0.831. The van der Waals surface area contributed by atoms with Gasteiger partial charge in [0, 0.05) is 6.42 Å². The van der Waals surface area contributed by atoms with Crippen molar-refractivity contribution in [3.05, 3.63) is 17.9 Å². The summed E-state index contributed by atoms with van der Waals surface area (Å²) in [4.78, 5) is 10.5. The summed E-state index contributed by atoms with van der Waals surface area (Å²) in [5, 5.41) is 19.7. The molecule has 2 aromatic rings. The maximum absolute atomic E-state index is 10.5. The Labute approximate surface area is 97.0 Å². The molecule has 0 bridgehead atoms. The van der Waals surface area contributed by atoms with E-state index in [2.05, 4.69) is 15.5 Å². The molecule has 0 amide bonds. The van der Waals surface area contributed by atoms with Crippen LogP contribution in [0.15, 0.2) is 16.5 Å². The lowest BCUT2D eigenvalue weighted by Gasteiger charge is -1.99. The van der Waals surface area contributed by atoms with Gasteiger partial charge in [0.25, 0.3) is 0 Å². The van der Waals surface area contributed by atoms with Crippen molar-refractivity contribution in [2.24, 2.45) is 0 Å². The number of nitrogens with zero attached hydrogens (tertiary/aromatic N) is 4. The van der Waals surface area contributed by atoms with E-state index in [1.165, 1.54) is 4.68 Å². The Morgan fingerprint density at radius 3 is 3.00 bits per heavy atom. The SMILES string of the molecule is CCc1ccc(-c2nnnn2CCC(=O)O)o1. The molecule has 7 nitrogen and oxygen atoms in total. The second kappa shape index (κ2) is 4.77. The Balaban J connectivity index is 2.20. The highest BCUT2D eigenvalue weighted by Gasteiger charge is 2.13. The number of carboxylic acids is 1. The number of hydrogen-bond donors (Lipinski definition) is 1. The van der Waals surface area contributed by atoms with Gasteiger partial charge >= 0.3 is 5.97 Å². The standard InChI is InChI=1S/C10H12N4O3/c1-2-7-3-4-8(17-7)10-11-12-13-14(10)6-5-9(15)16/h3-4H,2,5-6H2,1H3,(H,15,16). The van der Waals surface area contributed by atoms with Crippen LogP contribution in [0.4, 0.5) is 0 Å². The molecule has 2 rings (SSSR count). The van der Waals surface area contributed by atoms with Crippen LogP contribution >= 0.6 is 0 Å². The molecule has 17 heavy (non-hydrogen) atoms. The van der Waals surface area contributed by atoms with Crippen molar-refractivity contribution in [2.45, 2.75) is 26.3 Å². The first-order valence-corrected chi connectivity index (χ1v) is 5.27. The minimum atomic E-state index is -0.889. The van der Waals surface area contributed by atoms with Crippen LogP contribution in [0, 0.1) is 0 Å². The minimum Gasteiger partial charge on any atom is -0.481 e. The summed E-state index contributed by atoms with van der Waals surface area (Å²) in [7, 11) is 0. The van der Waals surface area contributed by atoms with E-state index < -0.39 is 5.97 Å². The van der Waals surface area contributed by atoms with Crippen LogP contribution in [-0.2, 0) is 17.8 Å². The fourth-order valence-corrected chi connectivity index (χ4v) is 1.42. The zero-order valence-electron chi connectivity index (χ0n) is 9.33. The Morgan fingerprint density at radius 1 is 1.53 bits per heavy atom. The molecule has 90 valence electrons. The van der Waals surface area contributed by atoms with Gasteiger partial charge in [-0.2, -0.15) is 0 Å². The van der Waals surface area contributed by atoms with Crippen molar-refractivity contribution >= 4 is 5.97 Å². The number of aromatic nitrogens is 4. The Kier molecular flexibility index (Phi) is 3.17. The van der Waals surface area contributed by atoms with Gasteiger partial charge in [0.2, 0.25) is 5.82 Å². The Hall–Kier alpha value is -2.18. The van der Waals surface area contributed by atoms with Crippen LogP contribution in [-0.4, -0.2) is 31.3 Å². The predicted molar refractivity (Wildman–Crippen MR) is 57.1 cm³/mol. The number of tetrazole rings is 1. The summed E-state index contributed by atoms with van der Waals surface area (Å²) < 4.78 is 6.94. The topological polar surface area (TPSA) is 94.0 Å². The summed E-state index contributed by atoms with van der Waals surface area (Å²) in [6.45, 7) is 2.20. The molecule has 0 aliphatic carbocycles. The lowest BCUT2D eigenvalue weighted by atomic mass is 10.3. The van der Waals surface area contributed by atoms with Gasteiger partial charge in [0.15, 0.2) is 5.76 Å². The number of aliphatic carboxylic acids is 1. The van der Waals surface area contributed by atoms with Gasteiger partial charge in [0.1, 0.15) is 5.76 Å². The monoisotopic (exact) mass is 236 g/mol. The Morgan fingerprint density at radius 2 is 2.35 bits per heavy atom. The highest BCUT2D eigenvalue weighted by atomic mass is 16.4. The zero-order valence-corrected chi connectivity index (χ0v) is 9.33. The third-order valence-electron chi connectivity index (χ3n) is 2.30. The number of hydrogen-bond acceptors (Lipinski definition) is 5. The van der Waals surface area contributed by atoms with Crippen molar-refractivity contribution in [1.29, 1.82) is 0 Å². The second-order valence-electron chi connectivity index (χ2n) is 3.49. The van der Waals surface area contributed by atoms with Crippen LogP contribution in [0.2, 0.25) is 0 Å². The number of aryl methyl sites for hydroxylation is 2. The molecule has 2 aromatic heterocycles. The van der Waals surface area contributed by atoms with E-state index >= 15 is 0 Å². The van der Waals surface area contributed by atoms with Gasteiger partial charge in [-0.3, -0.25) is 4.79 Å². The van der Waals surface area contributed by atoms with Crippen LogP contribution in [0.1, 0.15) is 19.1 Å². The molecular weight excluding hydrogens is 224 g/mol. The third-order valence-corrected chi connectivity index (χ3v) is 2.30. The normalized spacial score (nSPS) is 10.6. The average Bonchev–Trinajstić information content (AvgIpc) is 2.94. The van der Waals surface area contributed by atoms with Crippen LogP contribution in [0.3, 0.4) is 0 Å². The minimum absolute atomic E-state index is 0.0284. The molecular formula is C10H12N4O3. The van der Waals surface area contributed by atoms with Crippen LogP contribution in [0.25, 0.3) is 11.6 Å². The van der Waals surface area contributed by atoms with Crippen LogP contribution < -0.4 is 0 Å². The van der Waals surface area contributed by atoms with Gasteiger partial charge in [0.05, 0.1) is 13.0 Å². The van der Waals surface area contributed by atoms with E-state index in [0.717, 1.165) is 12.2 Å². The average molecular weight is 236 g/mol. The number of rotatable bonds is 5. The van der Waals surface area contributed by atoms with Crippen molar-refractivity contribution < 1.29 is 14.3 Å². The van der Waals surface area contributed by atoms with E-state index in [1.54, 1.807) is 6.07 Å². The van der Waals surface area contributed by atoms with Gasteiger partial charge in [-0.25, -0.2) is 4.68 Å². The third kappa shape index (κ3) is 2.49. The molecule has 0 fully saturated rings. The fourth-order valence-electron chi connectivity index (χ4n) is 1.42. The number of carbonyl (C=O) groups is 1. The summed E-state index contributed by atoms with van der Waals surface area (Å²) in [5.41, 5.74) is 0. The summed E-state index contributed by atoms with van der Waals surface area (Å²) >= 11 is 0. The van der Waals surface area contributed by atoms with Crippen molar-refractivity contribution in [3.8, 4) is 11.6 Å². The first-order chi connectivity index (χ1) is 8.20. The predicted octanol–water partition coefficient (Wildman–Crippen LogP) is 0.970. The first-order valence-electron chi connectivity index (χ1n) is 5.27. The summed E-state index contributed by atoms with van der Waals surface area (Å²) in [6, 6.07) is 3.63. The number of carboxylic acid groups (broad SMARTS) is 1. The highest BCUT2D eigenvalue weighted by molar-refractivity contribution is 5.66. The first kappa shape index (κ1) is 11.3.